The lowest BCUT2D eigenvalue weighted by molar-refractivity contribution is 0.498. The van der Waals surface area contributed by atoms with Crippen LogP contribution >= 0.6 is 0 Å². The summed E-state index contributed by atoms with van der Waals surface area (Å²) in [7, 11) is -4.24. The Morgan fingerprint density at radius 3 is 2.50 bits per heavy atom. The molecule has 0 fully saturated rings. The third-order valence-electron chi connectivity index (χ3n) is 2.30. The third-order valence-corrected chi connectivity index (χ3v) is 3.66. The van der Waals surface area contributed by atoms with Crippen LogP contribution in [0.2, 0.25) is 0 Å². The summed E-state index contributed by atoms with van der Waals surface area (Å²) in [5, 5.41) is 0. The highest BCUT2D eigenvalue weighted by Crippen LogP contribution is 2.22. The zero-order valence-corrected chi connectivity index (χ0v) is 10.6. The third kappa shape index (κ3) is 2.82. The van der Waals surface area contributed by atoms with Crippen molar-refractivity contribution in [2.75, 3.05) is 10.5 Å². The highest BCUT2D eigenvalue weighted by atomic mass is 32.2. The number of anilines is 2. The Balaban J connectivity index is 2.44. The van der Waals surface area contributed by atoms with Gasteiger partial charge in [-0.25, -0.2) is 26.6 Å². The molecule has 1 heterocycles. The standard InChI is InChI=1S/C11H8F3N3O2S/c12-6-3-8(13)11(14)9(4-6)17-20(18,19)7-1-2-16-10(15)5-7/h1-5,17H,(H2,15,16). The number of nitrogens with one attached hydrogen (secondary N) is 1. The fraction of sp³-hybridized carbons (Fsp3) is 0. The average Bonchev–Trinajstić information content (AvgIpc) is 2.35. The van der Waals surface area contributed by atoms with Gasteiger partial charge in [-0.1, -0.05) is 0 Å². The number of nitrogen functional groups attached to an aromatic ring is 1. The van der Waals surface area contributed by atoms with Crippen molar-refractivity contribution in [3.63, 3.8) is 0 Å². The number of hydrogen-bond acceptors (Lipinski definition) is 4. The Bertz CT molecular complexity index is 766. The van der Waals surface area contributed by atoms with Crippen LogP contribution < -0.4 is 10.5 Å². The summed E-state index contributed by atoms with van der Waals surface area (Å²) in [4.78, 5) is 3.29. The molecular weight excluding hydrogens is 295 g/mol. The molecule has 0 aliphatic carbocycles. The number of nitrogens with zero attached hydrogens (tertiary/aromatic N) is 1. The summed E-state index contributed by atoms with van der Waals surface area (Å²) < 4.78 is 65.0. The van der Waals surface area contributed by atoms with Crippen molar-refractivity contribution in [3.8, 4) is 0 Å². The SMILES string of the molecule is Nc1cc(S(=O)(=O)Nc2cc(F)cc(F)c2F)ccn1. The van der Waals surface area contributed by atoms with Gasteiger partial charge in [0, 0.05) is 24.4 Å². The van der Waals surface area contributed by atoms with E-state index in [1.165, 1.54) is 0 Å². The van der Waals surface area contributed by atoms with Crippen LogP contribution in [0.5, 0.6) is 0 Å². The molecule has 0 atom stereocenters. The molecule has 0 unspecified atom stereocenters. The monoisotopic (exact) mass is 303 g/mol. The number of hydrogen-bond donors (Lipinski definition) is 2. The van der Waals surface area contributed by atoms with E-state index >= 15 is 0 Å². The van der Waals surface area contributed by atoms with E-state index in [-0.39, 0.29) is 10.7 Å². The van der Waals surface area contributed by atoms with Gasteiger partial charge in [0.15, 0.2) is 11.6 Å². The average molecular weight is 303 g/mol. The molecule has 3 N–H and O–H groups in total. The number of rotatable bonds is 3. The Hall–Kier alpha value is -2.29. The van der Waals surface area contributed by atoms with E-state index in [0.717, 1.165) is 18.3 Å². The lowest BCUT2D eigenvalue weighted by atomic mass is 10.3. The molecule has 106 valence electrons. The minimum atomic E-state index is -4.24. The molecule has 20 heavy (non-hydrogen) atoms. The van der Waals surface area contributed by atoms with E-state index in [9.17, 15) is 21.6 Å². The van der Waals surface area contributed by atoms with Crippen molar-refractivity contribution in [1.82, 2.24) is 4.98 Å². The fourth-order valence-corrected chi connectivity index (χ4v) is 2.50. The lowest BCUT2D eigenvalue weighted by Crippen LogP contribution is -2.15. The number of benzene rings is 1. The molecular formula is C11H8F3N3O2S. The first-order valence-electron chi connectivity index (χ1n) is 5.18. The second-order valence-electron chi connectivity index (χ2n) is 3.77. The van der Waals surface area contributed by atoms with Crippen LogP contribution in [-0.4, -0.2) is 13.4 Å². The van der Waals surface area contributed by atoms with Crippen LogP contribution in [0.1, 0.15) is 0 Å². The maximum Gasteiger partial charge on any atom is 0.262 e. The maximum atomic E-state index is 13.4. The van der Waals surface area contributed by atoms with Crippen LogP contribution in [0.4, 0.5) is 24.7 Å². The Morgan fingerprint density at radius 2 is 1.85 bits per heavy atom. The van der Waals surface area contributed by atoms with Crippen LogP contribution in [0.15, 0.2) is 35.4 Å². The van der Waals surface area contributed by atoms with Crippen molar-refractivity contribution in [2.45, 2.75) is 4.90 Å². The summed E-state index contributed by atoms with van der Waals surface area (Å²) in [6.45, 7) is 0. The number of halogens is 3. The maximum absolute atomic E-state index is 13.4. The van der Waals surface area contributed by atoms with E-state index in [0.29, 0.717) is 12.1 Å². The van der Waals surface area contributed by atoms with Crippen molar-refractivity contribution in [2.24, 2.45) is 0 Å². The largest absolute Gasteiger partial charge is 0.384 e. The van der Waals surface area contributed by atoms with Crippen molar-refractivity contribution < 1.29 is 21.6 Å². The molecule has 0 radical (unpaired) electrons. The first-order valence-corrected chi connectivity index (χ1v) is 6.67. The van der Waals surface area contributed by atoms with Crippen LogP contribution in [0.3, 0.4) is 0 Å². The van der Waals surface area contributed by atoms with Crippen molar-refractivity contribution in [1.29, 1.82) is 0 Å². The molecule has 9 heteroatoms. The van der Waals surface area contributed by atoms with Crippen molar-refractivity contribution >= 4 is 21.5 Å². The van der Waals surface area contributed by atoms with Gasteiger partial charge >= 0.3 is 0 Å². The predicted octanol–water partition coefficient (Wildman–Crippen LogP) is 1.88. The summed E-state index contributed by atoms with van der Waals surface area (Å²) in [5.41, 5.74) is 4.49. The van der Waals surface area contributed by atoms with E-state index in [1.807, 2.05) is 0 Å². The van der Waals surface area contributed by atoms with E-state index in [2.05, 4.69) is 4.98 Å². The quantitative estimate of drug-likeness (QED) is 0.848. The zero-order chi connectivity index (χ0) is 14.9. The summed E-state index contributed by atoms with van der Waals surface area (Å²) in [6, 6.07) is 2.96. The molecule has 5 nitrogen and oxygen atoms in total. The molecule has 0 amide bonds. The van der Waals surface area contributed by atoms with Gasteiger partial charge < -0.3 is 5.73 Å². The smallest absolute Gasteiger partial charge is 0.262 e. The second-order valence-corrected chi connectivity index (χ2v) is 5.45. The highest BCUT2D eigenvalue weighted by Gasteiger charge is 2.19. The Labute approximate surface area is 112 Å². The first-order chi connectivity index (χ1) is 9.29. The molecule has 1 aromatic carbocycles. The molecule has 0 bridgehead atoms. The minimum absolute atomic E-state index is 0.0706. The van der Waals surface area contributed by atoms with E-state index in [4.69, 9.17) is 5.73 Å². The summed E-state index contributed by atoms with van der Waals surface area (Å²) in [6.07, 6.45) is 1.13. The minimum Gasteiger partial charge on any atom is -0.384 e. The lowest BCUT2D eigenvalue weighted by Gasteiger charge is -2.09. The van der Waals surface area contributed by atoms with Crippen LogP contribution in [-0.2, 0) is 10.0 Å². The van der Waals surface area contributed by atoms with E-state index < -0.39 is 33.2 Å². The van der Waals surface area contributed by atoms with E-state index in [1.54, 1.807) is 4.72 Å². The van der Waals surface area contributed by atoms with Crippen LogP contribution in [0, 0.1) is 17.5 Å². The normalized spacial score (nSPS) is 11.3. The summed E-state index contributed by atoms with van der Waals surface area (Å²) >= 11 is 0. The molecule has 2 rings (SSSR count). The molecule has 0 aliphatic rings. The zero-order valence-electron chi connectivity index (χ0n) is 9.77. The molecule has 0 saturated heterocycles. The molecule has 2 aromatic rings. The Morgan fingerprint density at radius 1 is 1.15 bits per heavy atom. The Kier molecular flexibility index (Phi) is 3.53. The van der Waals surface area contributed by atoms with Gasteiger partial charge in [-0.2, -0.15) is 0 Å². The van der Waals surface area contributed by atoms with Crippen molar-refractivity contribution in [3.05, 3.63) is 47.9 Å². The van der Waals surface area contributed by atoms with Gasteiger partial charge in [-0.15, -0.1) is 0 Å². The topological polar surface area (TPSA) is 85.1 Å². The molecule has 1 aromatic heterocycles. The highest BCUT2D eigenvalue weighted by molar-refractivity contribution is 7.92. The molecule has 0 saturated carbocycles. The number of nitrogens with two attached hydrogens (primary N) is 1. The molecule has 0 aliphatic heterocycles. The second kappa shape index (κ2) is 5.00. The number of pyridine rings is 1. The number of sulfonamides is 1. The van der Waals surface area contributed by atoms with Gasteiger partial charge in [0.1, 0.15) is 11.6 Å². The number of aromatic nitrogens is 1. The van der Waals surface area contributed by atoms with Gasteiger partial charge in [-0.05, 0) is 6.07 Å². The summed E-state index contributed by atoms with van der Waals surface area (Å²) in [5.74, 6) is -4.19. The molecule has 0 spiro atoms. The van der Waals surface area contributed by atoms with Crippen LogP contribution in [0.25, 0.3) is 0 Å². The first kappa shape index (κ1) is 14.1. The van der Waals surface area contributed by atoms with Gasteiger partial charge in [-0.3, -0.25) is 4.72 Å². The fourth-order valence-electron chi connectivity index (χ4n) is 1.43. The van der Waals surface area contributed by atoms with Gasteiger partial charge in [0.25, 0.3) is 10.0 Å². The van der Waals surface area contributed by atoms with Gasteiger partial charge in [0.2, 0.25) is 0 Å². The predicted molar refractivity (Wildman–Crippen MR) is 65.8 cm³/mol. The van der Waals surface area contributed by atoms with Gasteiger partial charge in [0.05, 0.1) is 10.6 Å².